The quantitative estimate of drug-likeness (QED) is 0.0233. The molecular weight excluding hydrogens is 757 g/mol. The average molecular weight is 834 g/mol. The van der Waals surface area contributed by atoms with Crippen LogP contribution in [0.4, 0.5) is 0 Å². The number of phosphoric ester groups is 1. The fourth-order valence-corrected chi connectivity index (χ4v) is 5.96. The lowest BCUT2D eigenvalue weighted by molar-refractivity contribution is -0.161. The van der Waals surface area contributed by atoms with Gasteiger partial charge in [-0.1, -0.05) is 137 Å². The van der Waals surface area contributed by atoms with Gasteiger partial charge in [-0.25, -0.2) is 4.57 Å². The van der Waals surface area contributed by atoms with Crippen molar-refractivity contribution in [1.82, 2.24) is 0 Å². The van der Waals surface area contributed by atoms with Crippen LogP contribution >= 0.6 is 7.82 Å². The van der Waals surface area contributed by atoms with Crippen LogP contribution in [0.5, 0.6) is 0 Å². The van der Waals surface area contributed by atoms with Crippen molar-refractivity contribution in [2.45, 2.75) is 167 Å². The fourth-order valence-electron chi connectivity index (χ4n) is 5.18. The molecule has 1 unspecified atom stereocenters. The molecule has 58 heavy (non-hydrogen) atoms. The van der Waals surface area contributed by atoms with E-state index in [4.69, 9.17) is 24.8 Å². The van der Waals surface area contributed by atoms with Crippen molar-refractivity contribution in [3.05, 3.63) is 85.1 Å². The van der Waals surface area contributed by atoms with Crippen LogP contribution < -0.4 is 5.73 Å². The summed E-state index contributed by atoms with van der Waals surface area (Å²) in [6.07, 6.45) is 49.4. The predicted octanol–water partition coefficient (Wildman–Crippen LogP) is 11.5. The van der Waals surface area contributed by atoms with E-state index in [0.29, 0.717) is 19.3 Å². The molecule has 0 rings (SSSR count). The van der Waals surface area contributed by atoms with Crippen LogP contribution in [0.3, 0.4) is 0 Å². The monoisotopic (exact) mass is 834 g/mol. The summed E-state index contributed by atoms with van der Waals surface area (Å²) in [6.45, 7) is 2.65. The van der Waals surface area contributed by atoms with Crippen molar-refractivity contribution in [2.75, 3.05) is 19.8 Å². The minimum absolute atomic E-state index is 0.0754. The van der Waals surface area contributed by atoms with Gasteiger partial charge in [0, 0.05) is 12.8 Å². The summed E-state index contributed by atoms with van der Waals surface area (Å²) in [5, 5.41) is 8.89. The van der Waals surface area contributed by atoms with Gasteiger partial charge in [0.25, 0.3) is 0 Å². The van der Waals surface area contributed by atoms with Crippen molar-refractivity contribution in [2.24, 2.45) is 5.73 Å². The van der Waals surface area contributed by atoms with Crippen molar-refractivity contribution in [1.29, 1.82) is 0 Å². The van der Waals surface area contributed by atoms with Crippen molar-refractivity contribution < 1.29 is 47.5 Å². The smallest absolute Gasteiger partial charge is 0.472 e. The topological polar surface area (TPSA) is 172 Å². The molecule has 12 heteroatoms. The van der Waals surface area contributed by atoms with Crippen molar-refractivity contribution in [3.8, 4) is 0 Å². The molecule has 0 aromatic rings. The number of phosphoric acid groups is 1. The lowest BCUT2D eigenvalue weighted by atomic mass is 10.1. The van der Waals surface area contributed by atoms with Crippen LogP contribution in [0.15, 0.2) is 85.1 Å². The fraction of sp³-hybridized carbons (Fsp3) is 0.630. The Morgan fingerprint density at radius 2 is 0.931 bits per heavy atom. The van der Waals surface area contributed by atoms with Gasteiger partial charge in [-0.05, 0) is 89.9 Å². The Morgan fingerprint density at radius 3 is 1.40 bits per heavy atom. The van der Waals surface area contributed by atoms with E-state index in [1.54, 1.807) is 0 Å². The standard InChI is InChI=1S/C46H76NO10P/c1-3-5-7-9-11-13-15-17-19-21-23-25-27-29-31-33-35-37-44(48)54-39-42(40-55-58(52,53)56-41-43(47)46(50)51)57-45(49)38-36-34-32-30-28-26-24-22-20-18-16-14-12-10-8-6-4-2/h11-14,17-20,23-26,30,32,42-43H,3-10,15-16,21-22,27-29,31,33-41,47H2,1-2H3,(H,50,51)(H,52,53)/t42-,43+/m1/s1. The number of hydrogen-bond acceptors (Lipinski definition) is 9. The number of carbonyl (C=O) groups is 3. The third-order valence-corrected chi connectivity index (χ3v) is 9.57. The number of carbonyl (C=O) groups excluding carboxylic acids is 2. The third-order valence-electron chi connectivity index (χ3n) is 8.62. The Morgan fingerprint density at radius 1 is 0.534 bits per heavy atom. The Labute approximate surface area is 350 Å². The van der Waals surface area contributed by atoms with Gasteiger partial charge in [-0.15, -0.1) is 0 Å². The first kappa shape index (κ1) is 54.7. The van der Waals surface area contributed by atoms with Gasteiger partial charge in [-0.2, -0.15) is 0 Å². The van der Waals surface area contributed by atoms with Crippen LogP contribution in [0.25, 0.3) is 0 Å². The summed E-state index contributed by atoms with van der Waals surface area (Å²) in [6, 6.07) is -1.54. The second-order valence-electron chi connectivity index (χ2n) is 14.1. The molecule has 0 aliphatic heterocycles. The molecule has 11 nitrogen and oxygen atoms in total. The van der Waals surface area contributed by atoms with E-state index in [9.17, 15) is 23.8 Å². The van der Waals surface area contributed by atoms with E-state index < -0.39 is 51.1 Å². The molecule has 0 aliphatic carbocycles. The molecule has 330 valence electrons. The summed E-state index contributed by atoms with van der Waals surface area (Å²) in [4.78, 5) is 45.9. The number of allylic oxidation sites excluding steroid dienone is 14. The zero-order chi connectivity index (χ0) is 42.8. The van der Waals surface area contributed by atoms with Gasteiger partial charge in [0.15, 0.2) is 6.10 Å². The second-order valence-corrected chi connectivity index (χ2v) is 15.6. The number of carboxylic acids is 1. The number of hydrogen-bond donors (Lipinski definition) is 3. The van der Waals surface area contributed by atoms with Gasteiger partial charge in [0.05, 0.1) is 13.2 Å². The molecule has 3 atom stereocenters. The predicted molar refractivity (Wildman–Crippen MR) is 235 cm³/mol. The Hall–Kier alpha value is -3.34. The number of esters is 2. The first-order valence-electron chi connectivity index (χ1n) is 21.6. The molecule has 0 aromatic carbocycles. The Kier molecular flexibility index (Phi) is 38.1. The first-order chi connectivity index (χ1) is 28.1. The third kappa shape index (κ3) is 39.5. The van der Waals surface area contributed by atoms with Crippen LogP contribution in [-0.4, -0.2) is 59.9 Å². The highest BCUT2D eigenvalue weighted by Crippen LogP contribution is 2.43. The average Bonchev–Trinajstić information content (AvgIpc) is 3.20. The molecule has 0 bridgehead atoms. The zero-order valence-electron chi connectivity index (χ0n) is 35.6. The lowest BCUT2D eigenvalue weighted by Gasteiger charge is -2.20. The largest absolute Gasteiger partial charge is 0.480 e. The van der Waals surface area contributed by atoms with E-state index >= 15 is 0 Å². The number of unbranched alkanes of at least 4 members (excludes halogenated alkanes) is 11. The first-order valence-corrected chi connectivity index (χ1v) is 23.1. The summed E-state index contributed by atoms with van der Waals surface area (Å²) < 4.78 is 32.6. The van der Waals surface area contributed by atoms with Crippen LogP contribution in [0.2, 0.25) is 0 Å². The Bertz CT molecular complexity index is 1300. The lowest BCUT2D eigenvalue weighted by Crippen LogP contribution is -2.34. The summed E-state index contributed by atoms with van der Waals surface area (Å²) in [5.41, 5.74) is 5.33. The molecule has 0 radical (unpaired) electrons. The minimum Gasteiger partial charge on any atom is -0.480 e. The molecule has 0 spiro atoms. The molecule has 0 fully saturated rings. The maximum absolute atomic E-state index is 12.6. The van der Waals surface area contributed by atoms with E-state index in [-0.39, 0.29) is 19.4 Å². The maximum atomic E-state index is 12.6. The van der Waals surface area contributed by atoms with E-state index in [1.165, 1.54) is 38.5 Å². The van der Waals surface area contributed by atoms with Crippen LogP contribution in [-0.2, 0) is 37.5 Å². The number of carboxylic acid groups (broad SMARTS) is 1. The van der Waals surface area contributed by atoms with Gasteiger partial charge in [0.1, 0.15) is 12.6 Å². The van der Waals surface area contributed by atoms with Gasteiger partial charge < -0.3 is 25.2 Å². The van der Waals surface area contributed by atoms with Crippen LogP contribution in [0.1, 0.15) is 155 Å². The number of aliphatic carboxylic acids is 1. The highest BCUT2D eigenvalue weighted by atomic mass is 31.2. The summed E-state index contributed by atoms with van der Waals surface area (Å²) >= 11 is 0. The van der Waals surface area contributed by atoms with E-state index in [0.717, 1.165) is 70.6 Å². The number of nitrogens with two attached hydrogens (primary N) is 1. The normalized spacial score (nSPS) is 14.6. The summed E-state index contributed by atoms with van der Waals surface area (Å²) in [7, 11) is -4.74. The van der Waals surface area contributed by atoms with E-state index in [1.807, 2.05) is 12.2 Å². The number of rotatable bonds is 39. The zero-order valence-corrected chi connectivity index (χ0v) is 36.5. The second kappa shape index (κ2) is 40.4. The molecular formula is C46H76NO10P. The molecule has 0 aromatic heterocycles. The molecule has 0 saturated carbocycles. The molecule has 4 N–H and O–H groups in total. The van der Waals surface area contributed by atoms with Gasteiger partial charge in [-0.3, -0.25) is 23.4 Å². The summed E-state index contributed by atoms with van der Waals surface area (Å²) in [5.74, 6) is -2.49. The maximum Gasteiger partial charge on any atom is 0.472 e. The number of ether oxygens (including phenoxy) is 2. The molecule has 0 aliphatic rings. The Balaban J connectivity index is 4.53. The minimum atomic E-state index is -4.74. The van der Waals surface area contributed by atoms with Crippen molar-refractivity contribution >= 4 is 25.7 Å². The van der Waals surface area contributed by atoms with Crippen LogP contribution in [0, 0.1) is 0 Å². The molecule has 0 saturated heterocycles. The SMILES string of the molecule is CCCCCC=CCC=CCC=CCC=CCCCC(=O)O[C@H](COC(=O)CCCCCCC=CCC=CCC=CCCCCC)COP(=O)(O)OC[C@H](N)C(=O)O. The highest BCUT2D eigenvalue weighted by molar-refractivity contribution is 7.47. The van der Waals surface area contributed by atoms with Gasteiger partial charge >= 0.3 is 25.7 Å². The van der Waals surface area contributed by atoms with Crippen molar-refractivity contribution in [3.63, 3.8) is 0 Å². The van der Waals surface area contributed by atoms with E-state index in [2.05, 4.69) is 91.3 Å². The molecule has 0 heterocycles. The van der Waals surface area contributed by atoms with Gasteiger partial charge in [0.2, 0.25) is 0 Å². The highest BCUT2D eigenvalue weighted by Gasteiger charge is 2.28. The molecule has 0 amide bonds.